The van der Waals surface area contributed by atoms with Crippen molar-refractivity contribution < 1.29 is 0 Å². The van der Waals surface area contributed by atoms with Crippen molar-refractivity contribution in [2.45, 2.75) is 0 Å². The predicted octanol–water partition coefficient (Wildman–Crippen LogP) is 12.4. The van der Waals surface area contributed by atoms with Crippen LogP contribution in [0.1, 0.15) is 11.1 Å². The minimum Gasteiger partial charge on any atom is -0.309 e. The maximum atomic E-state index is 10.5. The molecule has 0 N–H and O–H groups in total. The highest BCUT2D eigenvalue weighted by atomic mass is 15.1. The van der Waals surface area contributed by atoms with E-state index in [0.717, 1.165) is 77.4 Å². The highest BCUT2D eigenvalue weighted by Crippen LogP contribution is 2.42. The van der Waals surface area contributed by atoms with E-state index in [2.05, 4.69) is 165 Å². The Morgan fingerprint density at radius 3 is 1.60 bits per heavy atom. The summed E-state index contributed by atoms with van der Waals surface area (Å²) in [5.74, 6) is 0. The van der Waals surface area contributed by atoms with Crippen molar-refractivity contribution in [3.05, 3.63) is 187 Å². The molecule has 254 valence electrons. The monoisotopic (exact) mass is 699 g/mol. The second kappa shape index (κ2) is 11.8. The number of nitrogens with zero attached hydrogens (tertiary/aromatic N) is 5. The molecule has 11 rings (SSSR count). The molecule has 0 unspecified atom stereocenters. The fraction of sp³-hybridized carbons (Fsp3) is 0. The molecular formula is C50H29N5. The molecule has 3 heterocycles. The van der Waals surface area contributed by atoms with Crippen molar-refractivity contribution in [2.75, 3.05) is 0 Å². The van der Waals surface area contributed by atoms with Crippen molar-refractivity contribution in [1.82, 2.24) is 13.7 Å². The molecule has 5 heteroatoms. The van der Waals surface area contributed by atoms with Crippen LogP contribution in [-0.4, -0.2) is 13.7 Å². The van der Waals surface area contributed by atoms with Crippen LogP contribution in [0.4, 0.5) is 0 Å². The normalized spacial score (nSPS) is 11.6. The van der Waals surface area contributed by atoms with Crippen LogP contribution < -0.4 is 0 Å². The quantitative estimate of drug-likeness (QED) is 0.184. The van der Waals surface area contributed by atoms with Crippen LogP contribution in [0.15, 0.2) is 176 Å². The van der Waals surface area contributed by atoms with Gasteiger partial charge in [-0.15, -0.1) is 0 Å². The molecule has 5 nitrogen and oxygen atoms in total. The first-order valence-electron chi connectivity index (χ1n) is 18.3. The Hall–Kier alpha value is -7.86. The Kier molecular flexibility index (Phi) is 6.61. The molecule has 0 amide bonds. The van der Waals surface area contributed by atoms with Gasteiger partial charge in [0.15, 0.2) is 0 Å². The zero-order valence-corrected chi connectivity index (χ0v) is 29.5. The van der Waals surface area contributed by atoms with Gasteiger partial charge in [-0.25, -0.2) is 0 Å². The summed E-state index contributed by atoms with van der Waals surface area (Å²) >= 11 is 0. The lowest BCUT2D eigenvalue weighted by Gasteiger charge is -2.18. The maximum absolute atomic E-state index is 10.5. The van der Waals surface area contributed by atoms with Crippen molar-refractivity contribution in [2.24, 2.45) is 0 Å². The van der Waals surface area contributed by atoms with E-state index in [4.69, 9.17) is 0 Å². The van der Waals surface area contributed by atoms with Crippen molar-refractivity contribution in [3.8, 4) is 40.3 Å². The Morgan fingerprint density at radius 1 is 0.382 bits per heavy atom. The molecular weight excluding hydrogens is 671 g/mol. The van der Waals surface area contributed by atoms with E-state index in [-0.39, 0.29) is 0 Å². The average molecular weight is 700 g/mol. The fourth-order valence-corrected chi connectivity index (χ4v) is 8.88. The summed E-state index contributed by atoms with van der Waals surface area (Å²) in [7, 11) is 0. The minimum absolute atomic E-state index is 0.554. The molecule has 8 aromatic carbocycles. The van der Waals surface area contributed by atoms with E-state index in [0.29, 0.717) is 11.1 Å². The second-order valence-corrected chi connectivity index (χ2v) is 14.0. The number of para-hydroxylation sites is 6. The standard InChI is InChI=1S/C50H29N5/c51-30-32-27-34(29-35(28-32)53-46-24-10-5-18-41(46)49-33(31-52)13-11-25-47(49)53)36-14-1-6-20-42(36)55-45-23-9-4-17-39(45)40-19-12-26-48(50(40)55)54-43-21-7-2-15-37(43)38-16-3-8-22-44(38)54/h1-29H. The summed E-state index contributed by atoms with van der Waals surface area (Å²) in [6.45, 7) is 0. The van der Waals surface area contributed by atoms with Crippen LogP contribution in [0.2, 0.25) is 0 Å². The van der Waals surface area contributed by atoms with E-state index in [1.165, 1.54) is 16.2 Å². The van der Waals surface area contributed by atoms with Crippen molar-refractivity contribution in [1.29, 1.82) is 10.5 Å². The Labute approximate surface area is 316 Å². The highest BCUT2D eigenvalue weighted by molar-refractivity contribution is 6.16. The predicted molar refractivity (Wildman–Crippen MR) is 224 cm³/mol. The number of hydrogen-bond acceptors (Lipinski definition) is 2. The van der Waals surface area contributed by atoms with Gasteiger partial charge in [0.25, 0.3) is 0 Å². The molecule has 3 aromatic heterocycles. The van der Waals surface area contributed by atoms with Crippen LogP contribution in [0.5, 0.6) is 0 Å². The number of rotatable bonds is 4. The van der Waals surface area contributed by atoms with Gasteiger partial charge in [0, 0.05) is 43.6 Å². The molecule has 0 spiro atoms. The number of nitriles is 2. The third-order valence-electron chi connectivity index (χ3n) is 11.1. The molecule has 0 aliphatic carbocycles. The third-order valence-corrected chi connectivity index (χ3v) is 11.1. The highest BCUT2D eigenvalue weighted by Gasteiger charge is 2.22. The van der Waals surface area contributed by atoms with Gasteiger partial charge in [-0.1, -0.05) is 109 Å². The van der Waals surface area contributed by atoms with Crippen LogP contribution >= 0.6 is 0 Å². The molecule has 0 bridgehead atoms. The zero-order chi connectivity index (χ0) is 36.6. The van der Waals surface area contributed by atoms with E-state index >= 15 is 0 Å². The van der Waals surface area contributed by atoms with Gasteiger partial charge >= 0.3 is 0 Å². The molecule has 0 fully saturated rings. The summed E-state index contributed by atoms with van der Waals surface area (Å²) in [6.07, 6.45) is 0. The number of benzene rings is 8. The van der Waals surface area contributed by atoms with E-state index in [9.17, 15) is 10.5 Å². The van der Waals surface area contributed by atoms with Gasteiger partial charge < -0.3 is 13.7 Å². The zero-order valence-electron chi connectivity index (χ0n) is 29.5. The first-order valence-corrected chi connectivity index (χ1v) is 18.3. The fourth-order valence-electron chi connectivity index (χ4n) is 8.88. The molecule has 0 saturated heterocycles. The largest absolute Gasteiger partial charge is 0.309 e. The summed E-state index contributed by atoms with van der Waals surface area (Å²) < 4.78 is 6.98. The van der Waals surface area contributed by atoms with Gasteiger partial charge in [-0.2, -0.15) is 10.5 Å². The molecule has 0 aliphatic rings. The molecule has 55 heavy (non-hydrogen) atoms. The van der Waals surface area contributed by atoms with Crippen LogP contribution in [0.25, 0.3) is 93.6 Å². The molecule has 11 aromatic rings. The van der Waals surface area contributed by atoms with E-state index in [1.54, 1.807) is 0 Å². The Bertz CT molecular complexity index is 3420. The van der Waals surface area contributed by atoms with Crippen LogP contribution in [0, 0.1) is 22.7 Å². The molecule has 0 atom stereocenters. The van der Waals surface area contributed by atoms with Gasteiger partial charge in [0.05, 0.1) is 67.7 Å². The molecule has 0 saturated carbocycles. The lowest BCUT2D eigenvalue weighted by Crippen LogP contribution is -2.02. The Balaban J connectivity index is 1.22. The van der Waals surface area contributed by atoms with Gasteiger partial charge in [0.1, 0.15) is 0 Å². The number of hydrogen-bond donors (Lipinski definition) is 0. The third kappa shape index (κ3) is 4.39. The molecule has 0 radical (unpaired) electrons. The van der Waals surface area contributed by atoms with E-state index in [1.807, 2.05) is 36.4 Å². The first-order chi connectivity index (χ1) is 27.2. The van der Waals surface area contributed by atoms with E-state index < -0.39 is 0 Å². The van der Waals surface area contributed by atoms with Crippen LogP contribution in [-0.2, 0) is 0 Å². The minimum atomic E-state index is 0.554. The second-order valence-electron chi connectivity index (χ2n) is 14.0. The molecule has 0 aliphatic heterocycles. The summed E-state index contributed by atoms with van der Waals surface area (Å²) in [6, 6.07) is 66.0. The van der Waals surface area contributed by atoms with Crippen LogP contribution in [0.3, 0.4) is 0 Å². The van der Waals surface area contributed by atoms with Gasteiger partial charge in [-0.3, -0.25) is 0 Å². The lowest BCUT2D eigenvalue weighted by atomic mass is 10.00. The lowest BCUT2D eigenvalue weighted by molar-refractivity contribution is 1.13. The average Bonchev–Trinajstić information content (AvgIpc) is 3.89. The number of fused-ring (bicyclic) bond motifs is 9. The smallest absolute Gasteiger partial charge is 0.0998 e. The van der Waals surface area contributed by atoms with Gasteiger partial charge in [-0.05, 0) is 72.3 Å². The summed E-state index contributed by atoms with van der Waals surface area (Å²) in [5.41, 5.74) is 12.5. The van der Waals surface area contributed by atoms with Crippen molar-refractivity contribution in [3.63, 3.8) is 0 Å². The summed E-state index contributed by atoms with van der Waals surface area (Å²) in [5, 5.41) is 27.2. The number of aromatic nitrogens is 3. The SMILES string of the molecule is N#Cc1cc(-c2ccccc2-n2c3ccccc3c3cccc(-n4c5ccccc5c5ccccc54)c32)cc(-n2c3ccccc3c3c(C#N)cccc32)c1. The van der Waals surface area contributed by atoms with Crippen molar-refractivity contribution >= 4 is 65.4 Å². The summed E-state index contributed by atoms with van der Waals surface area (Å²) in [4.78, 5) is 0. The maximum Gasteiger partial charge on any atom is 0.0998 e. The van der Waals surface area contributed by atoms with Gasteiger partial charge in [0.2, 0.25) is 0 Å². The first kappa shape index (κ1) is 30.7. The topological polar surface area (TPSA) is 62.4 Å². The Morgan fingerprint density at radius 2 is 0.909 bits per heavy atom.